The highest BCUT2D eigenvalue weighted by molar-refractivity contribution is 7.16. The number of thiophene rings is 1. The average molecular weight is 300 g/mol. The van der Waals surface area contributed by atoms with Crippen LogP contribution < -0.4 is 5.32 Å². The first kappa shape index (κ1) is 14.1. The Balaban J connectivity index is 2.05. The largest absolute Gasteiger partial charge is 0.469 e. The van der Waals surface area contributed by atoms with Gasteiger partial charge in [0, 0.05) is 11.4 Å². The summed E-state index contributed by atoms with van der Waals surface area (Å²) in [4.78, 5) is 12.2. The third-order valence-electron chi connectivity index (χ3n) is 2.61. The molecule has 2 rings (SSSR count). The van der Waals surface area contributed by atoms with Crippen LogP contribution in [0.1, 0.15) is 23.1 Å². The molecule has 0 aliphatic heterocycles. The number of esters is 1. The lowest BCUT2D eigenvalue weighted by Gasteiger charge is -2.14. The molecular weight excluding hydrogens is 286 g/mol. The van der Waals surface area contributed by atoms with Crippen molar-refractivity contribution in [3.05, 3.63) is 45.5 Å². The van der Waals surface area contributed by atoms with Crippen molar-refractivity contribution in [2.45, 2.75) is 12.5 Å². The number of halogens is 1. The molecule has 0 saturated carbocycles. The maximum absolute atomic E-state index is 11.1. The molecule has 0 aliphatic rings. The first-order valence-electron chi connectivity index (χ1n) is 5.79. The van der Waals surface area contributed by atoms with Crippen molar-refractivity contribution in [3.8, 4) is 0 Å². The Bertz CT molecular complexity index is 524. The van der Waals surface area contributed by atoms with E-state index in [0.717, 1.165) is 15.0 Å². The smallest absolute Gasteiger partial charge is 0.306 e. The molecule has 1 atom stereocenters. The van der Waals surface area contributed by atoms with Crippen molar-refractivity contribution in [2.24, 2.45) is 0 Å². The molecule has 2 heterocycles. The van der Waals surface area contributed by atoms with E-state index in [1.165, 1.54) is 18.4 Å². The van der Waals surface area contributed by atoms with E-state index < -0.39 is 0 Å². The number of furan rings is 1. The fraction of sp³-hybridized carbons (Fsp3) is 0.308. The van der Waals surface area contributed by atoms with Gasteiger partial charge in [0.1, 0.15) is 11.8 Å². The zero-order valence-electron chi connectivity index (χ0n) is 10.4. The lowest BCUT2D eigenvalue weighted by molar-refractivity contribution is -0.140. The molecule has 0 fully saturated rings. The van der Waals surface area contributed by atoms with Gasteiger partial charge >= 0.3 is 5.97 Å². The Kier molecular flexibility index (Phi) is 5.01. The zero-order valence-corrected chi connectivity index (χ0v) is 12.0. The SMILES string of the molecule is COC(=O)CCNC(c1ccco1)c1ccc(Cl)s1. The molecule has 2 aromatic rings. The highest BCUT2D eigenvalue weighted by atomic mass is 35.5. The zero-order chi connectivity index (χ0) is 13.7. The van der Waals surface area contributed by atoms with Crippen molar-refractivity contribution in [1.82, 2.24) is 5.32 Å². The van der Waals surface area contributed by atoms with E-state index >= 15 is 0 Å². The second-order valence-electron chi connectivity index (χ2n) is 3.87. The van der Waals surface area contributed by atoms with E-state index in [9.17, 15) is 4.79 Å². The normalized spacial score (nSPS) is 12.3. The van der Waals surface area contributed by atoms with Crippen LogP contribution in [0.15, 0.2) is 34.9 Å². The molecule has 0 amide bonds. The topological polar surface area (TPSA) is 51.5 Å². The van der Waals surface area contributed by atoms with Gasteiger partial charge in [-0.1, -0.05) is 11.6 Å². The number of hydrogen-bond donors (Lipinski definition) is 1. The van der Waals surface area contributed by atoms with Crippen LogP contribution >= 0.6 is 22.9 Å². The average Bonchev–Trinajstić information content (AvgIpc) is 3.06. The summed E-state index contributed by atoms with van der Waals surface area (Å²) in [5.74, 6) is 0.554. The van der Waals surface area contributed by atoms with Crippen molar-refractivity contribution < 1.29 is 13.9 Å². The number of carbonyl (C=O) groups is 1. The minimum atomic E-state index is -0.241. The molecule has 0 spiro atoms. The number of hydrogen-bond acceptors (Lipinski definition) is 5. The van der Waals surface area contributed by atoms with E-state index in [0.29, 0.717) is 13.0 Å². The minimum absolute atomic E-state index is 0.0999. The van der Waals surface area contributed by atoms with Crippen molar-refractivity contribution in [2.75, 3.05) is 13.7 Å². The number of nitrogens with one attached hydrogen (secondary N) is 1. The predicted molar refractivity (Wildman–Crippen MR) is 74.5 cm³/mol. The molecule has 4 nitrogen and oxygen atoms in total. The lowest BCUT2D eigenvalue weighted by Crippen LogP contribution is -2.24. The second-order valence-corrected chi connectivity index (χ2v) is 5.62. The minimum Gasteiger partial charge on any atom is -0.469 e. The van der Waals surface area contributed by atoms with Gasteiger partial charge in [-0.05, 0) is 24.3 Å². The molecule has 19 heavy (non-hydrogen) atoms. The van der Waals surface area contributed by atoms with Crippen LogP contribution in [0.2, 0.25) is 4.34 Å². The Labute approximate surface area is 120 Å². The van der Waals surface area contributed by atoms with Gasteiger partial charge in [0.15, 0.2) is 0 Å². The second kappa shape index (κ2) is 6.75. The molecule has 6 heteroatoms. The highest BCUT2D eigenvalue weighted by Gasteiger charge is 2.18. The van der Waals surface area contributed by atoms with Crippen molar-refractivity contribution in [1.29, 1.82) is 0 Å². The van der Waals surface area contributed by atoms with Gasteiger partial charge < -0.3 is 14.5 Å². The van der Waals surface area contributed by atoms with Gasteiger partial charge in [-0.3, -0.25) is 4.79 Å². The quantitative estimate of drug-likeness (QED) is 0.832. The van der Waals surface area contributed by atoms with Crippen LogP contribution in [0.5, 0.6) is 0 Å². The van der Waals surface area contributed by atoms with Crippen molar-refractivity contribution in [3.63, 3.8) is 0 Å². The number of ether oxygens (including phenoxy) is 1. The van der Waals surface area contributed by atoms with Gasteiger partial charge in [0.25, 0.3) is 0 Å². The first-order valence-corrected chi connectivity index (χ1v) is 6.99. The highest BCUT2D eigenvalue weighted by Crippen LogP contribution is 2.31. The van der Waals surface area contributed by atoms with Gasteiger partial charge in [-0.25, -0.2) is 0 Å². The Morgan fingerprint density at radius 3 is 2.95 bits per heavy atom. The molecule has 0 aliphatic carbocycles. The lowest BCUT2D eigenvalue weighted by atomic mass is 10.2. The number of methoxy groups -OCH3 is 1. The third-order valence-corrected chi connectivity index (χ3v) is 3.91. The molecule has 102 valence electrons. The monoisotopic (exact) mass is 299 g/mol. The Morgan fingerprint density at radius 1 is 1.53 bits per heavy atom. The molecule has 0 saturated heterocycles. The van der Waals surface area contributed by atoms with Crippen LogP contribution in [-0.2, 0) is 9.53 Å². The summed E-state index contributed by atoms with van der Waals surface area (Å²) in [7, 11) is 1.38. The molecule has 0 aromatic carbocycles. The summed E-state index contributed by atoms with van der Waals surface area (Å²) < 4.78 is 10.8. The molecular formula is C13H14ClNO3S. The Hall–Kier alpha value is -1.30. The summed E-state index contributed by atoms with van der Waals surface area (Å²) in [6.07, 6.45) is 1.94. The molecule has 2 aromatic heterocycles. The first-order chi connectivity index (χ1) is 9.20. The Morgan fingerprint density at radius 2 is 2.37 bits per heavy atom. The van der Waals surface area contributed by atoms with Crippen molar-refractivity contribution >= 4 is 28.9 Å². The third kappa shape index (κ3) is 3.83. The maximum atomic E-state index is 11.1. The number of carbonyl (C=O) groups excluding carboxylic acids is 1. The van der Waals surface area contributed by atoms with Gasteiger partial charge in [0.2, 0.25) is 0 Å². The van der Waals surface area contributed by atoms with Crippen LogP contribution in [-0.4, -0.2) is 19.6 Å². The van der Waals surface area contributed by atoms with Crippen LogP contribution in [0, 0.1) is 0 Å². The van der Waals surface area contributed by atoms with E-state index in [1.807, 2.05) is 24.3 Å². The van der Waals surface area contributed by atoms with Crippen LogP contribution in [0.25, 0.3) is 0 Å². The van der Waals surface area contributed by atoms with Crippen LogP contribution in [0.3, 0.4) is 0 Å². The maximum Gasteiger partial charge on any atom is 0.306 e. The molecule has 0 radical (unpaired) electrons. The van der Waals surface area contributed by atoms with E-state index in [4.69, 9.17) is 16.0 Å². The van der Waals surface area contributed by atoms with Gasteiger partial charge in [0.05, 0.1) is 24.1 Å². The number of rotatable bonds is 6. The van der Waals surface area contributed by atoms with E-state index in [2.05, 4.69) is 10.1 Å². The summed E-state index contributed by atoms with van der Waals surface area (Å²) in [6, 6.07) is 7.42. The van der Waals surface area contributed by atoms with E-state index in [1.54, 1.807) is 6.26 Å². The predicted octanol–water partition coefficient (Wildman–Crippen LogP) is 3.24. The standard InChI is InChI=1S/C13H14ClNO3S/c1-17-12(16)6-7-15-13(9-3-2-8-18-9)10-4-5-11(14)19-10/h2-5,8,13,15H,6-7H2,1H3. The van der Waals surface area contributed by atoms with Gasteiger partial charge in [-0.2, -0.15) is 0 Å². The summed E-state index contributed by atoms with van der Waals surface area (Å²) in [5.41, 5.74) is 0. The fourth-order valence-corrected chi connectivity index (χ4v) is 2.85. The summed E-state index contributed by atoms with van der Waals surface area (Å²) >= 11 is 7.44. The fourth-order valence-electron chi connectivity index (χ4n) is 1.70. The van der Waals surface area contributed by atoms with Gasteiger partial charge in [-0.15, -0.1) is 11.3 Å². The summed E-state index contributed by atoms with van der Waals surface area (Å²) in [5, 5.41) is 3.27. The van der Waals surface area contributed by atoms with E-state index in [-0.39, 0.29) is 12.0 Å². The summed E-state index contributed by atoms with van der Waals surface area (Å²) in [6.45, 7) is 0.507. The molecule has 1 unspecified atom stereocenters. The molecule has 0 bridgehead atoms. The van der Waals surface area contributed by atoms with Crippen LogP contribution in [0.4, 0.5) is 0 Å². The molecule has 1 N–H and O–H groups in total.